The molecule has 0 spiro atoms. The molecule has 8 nitrogen and oxygen atoms in total. The number of nitrogens with zero attached hydrogens (tertiary/aromatic N) is 5. The molecule has 1 atom stereocenters. The molecule has 0 aliphatic rings. The van der Waals surface area contributed by atoms with Gasteiger partial charge in [0.05, 0.1) is 19.7 Å². The van der Waals surface area contributed by atoms with Gasteiger partial charge in [-0.2, -0.15) is 0 Å². The van der Waals surface area contributed by atoms with E-state index < -0.39 is 0 Å². The first-order valence-electron chi connectivity index (χ1n) is 12.3. The monoisotopic (exact) mass is 514 g/mol. The topological polar surface area (TPSA) is 88.9 Å². The first-order valence-corrected chi connectivity index (χ1v) is 13.2. The first kappa shape index (κ1) is 24.9. The van der Waals surface area contributed by atoms with Gasteiger partial charge in [-0.25, -0.2) is 4.68 Å². The highest BCUT2D eigenvalue weighted by atomic mass is 32.1. The zero-order valence-electron chi connectivity index (χ0n) is 21.2. The Morgan fingerprint density at radius 1 is 1.11 bits per heavy atom. The average molecular weight is 515 g/mol. The number of H-pyrrole nitrogens is 1. The number of nitrogens with one attached hydrogen (secondary N) is 1. The number of pyridine rings is 1. The average Bonchev–Trinajstić information content (AvgIpc) is 3.58. The third-order valence-corrected chi connectivity index (χ3v) is 7.43. The van der Waals surface area contributed by atoms with Gasteiger partial charge >= 0.3 is 0 Å². The fourth-order valence-electron chi connectivity index (χ4n) is 4.66. The molecule has 3 aromatic heterocycles. The van der Waals surface area contributed by atoms with Crippen molar-refractivity contribution >= 4 is 22.2 Å². The number of aromatic amines is 1. The molecule has 0 radical (unpaired) electrons. The number of methoxy groups -OCH3 is 1. The summed E-state index contributed by atoms with van der Waals surface area (Å²) in [7, 11) is 1.66. The fourth-order valence-corrected chi connectivity index (χ4v) is 5.39. The lowest BCUT2D eigenvalue weighted by Gasteiger charge is -2.30. The van der Waals surface area contributed by atoms with E-state index in [-0.39, 0.29) is 11.6 Å². The van der Waals surface area contributed by atoms with Crippen molar-refractivity contribution in [3.63, 3.8) is 0 Å². The summed E-state index contributed by atoms with van der Waals surface area (Å²) in [5, 5.41) is 15.9. The molecule has 0 aliphatic carbocycles. The van der Waals surface area contributed by atoms with Gasteiger partial charge in [-0.1, -0.05) is 36.8 Å². The molecule has 1 unspecified atom stereocenters. The first-order chi connectivity index (χ1) is 18.0. The number of hydrogen-bond donors (Lipinski definition) is 1. The predicted molar refractivity (Wildman–Crippen MR) is 146 cm³/mol. The summed E-state index contributed by atoms with van der Waals surface area (Å²) >= 11 is 1.71. The maximum Gasteiger partial charge on any atom is 0.252 e. The van der Waals surface area contributed by atoms with Crippen LogP contribution in [0.25, 0.3) is 10.9 Å². The molecule has 2 aromatic carbocycles. The van der Waals surface area contributed by atoms with Gasteiger partial charge in [0.1, 0.15) is 5.75 Å². The molecule has 0 bridgehead atoms. The Morgan fingerprint density at radius 3 is 2.68 bits per heavy atom. The van der Waals surface area contributed by atoms with Gasteiger partial charge in [0.15, 0.2) is 5.82 Å². The molecular weight excluding hydrogens is 484 g/mol. The molecule has 0 saturated heterocycles. The van der Waals surface area contributed by atoms with E-state index in [0.717, 1.165) is 45.6 Å². The summed E-state index contributed by atoms with van der Waals surface area (Å²) in [6.07, 6.45) is 0.791. The maximum atomic E-state index is 13.1. The van der Waals surface area contributed by atoms with Crippen molar-refractivity contribution in [1.82, 2.24) is 30.1 Å². The fraction of sp³-hybridized carbons (Fsp3) is 0.286. The van der Waals surface area contributed by atoms with Crippen LogP contribution in [0.3, 0.4) is 0 Å². The highest BCUT2D eigenvalue weighted by Gasteiger charge is 2.26. The lowest BCUT2D eigenvalue weighted by Crippen LogP contribution is -2.32. The molecule has 0 saturated carbocycles. The zero-order chi connectivity index (χ0) is 25.8. The van der Waals surface area contributed by atoms with Crippen LogP contribution in [0.15, 0.2) is 70.8 Å². The minimum Gasteiger partial charge on any atom is -0.497 e. The van der Waals surface area contributed by atoms with Crippen molar-refractivity contribution < 1.29 is 4.74 Å². The molecule has 37 heavy (non-hydrogen) atoms. The maximum absolute atomic E-state index is 13.1. The Labute approximate surface area is 219 Å². The van der Waals surface area contributed by atoms with E-state index in [0.29, 0.717) is 19.6 Å². The molecular formula is C28H30N6O2S. The zero-order valence-corrected chi connectivity index (χ0v) is 22.0. The summed E-state index contributed by atoms with van der Waals surface area (Å²) in [4.78, 5) is 19.7. The van der Waals surface area contributed by atoms with Crippen LogP contribution in [-0.2, 0) is 19.6 Å². The van der Waals surface area contributed by atoms with Gasteiger partial charge in [0, 0.05) is 29.0 Å². The summed E-state index contributed by atoms with van der Waals surface area (Å²) in [6.45, 7) is 5.91. The SMILES string of the molecule is CCC(c1nnnn1Cc1ccc(OC)cc1)N(Cc1cccs1)Cc1cc2cc(C)ccc2[nH]c1=O. The number of aryl methyl sites for hydroxylation is 1. The van der Waals surface area contributed by atoms with E-state index >= 15 is 0 Å². The van der Waals surface area contributed by atoms with Crippen LogP contribution in [0.1, 0.15) is 46.8 Å². The van der Waals surface area contributed by atoms with Crippen molar-refractivity contribution in [3.8, 4) is 5.75 Å². The second kappa shape index (κ2) is 11.1. The third-order valence-electron chi connectivity index (χ3n) is 6.57. The Balaban J connectivity index is 1.48. The molecule has 3 heterocycles. The van der Waals surface area contributed by atoms with E-state index in [1.165, 1.54) is 4.88 Å². The van der Waals surface area contributed by atoms with E-state index in [1.54, 1.807) is 18.4 Å². The summed E-state index contributed by atoms with van der Waals surface area (Å²) in [5.74, 6) is 1.59. The van der Waals surface area contributed by atoms with Crippen LogP contribution in [0.2, 0.25) is 0 Å². The lowest BCUT2D eigenvalue weighted by atomic mass is 10.1. The predicted octanol–water partition coefficient (Wildman–Crippen LogP) is 5.09. The van der Waals surface area contributed by atoms with Gasteiger partial charge in [-0.05, 0) is 76.5 Å². The summed E-state index contributed by atoms with van der Waals surface area (Å²) in [5.41, 5.74) is 3.74. The van der Waals surface area contributed by atoms with E-state index in [4.69, 9.17) is 4.74 Å². The number of fused-ring (bicyclic) bond motifs is 1. The van der Waals surface area contributed by atoms with Crippen LogP contribution in [0.5, 0.6) is 5.75 Å². The van der Waals surface area contributed by atoms with Gasteiger partial charge < -0.3 is 9.72 Å². The number of thiophene rings is 1. The largest absolute Gasteiger partial charge is 0.497 e. The molecule has 0 amide bonds. The van der Waals surface area contributed by atoms with E-state index in [9.17, 15) is 4.79 Å². The second-order valence-electron chi connectivity index (χ2n) is 9.17. The molecule has 9 heteroatoms. The minimum atomic E-state index is -0.0806. The van der Waals surface area contributed by atoms with Crippen molar-refractivity contribution in [3.05, 3.63) is 104 Å². The molecule has 190 valence electrons. The number of rotatable bonds is 10. The van der Waals surface area contributed by atoms with E-state index in [1.807, 2.05) is 47.1 Å². The Bertz CT molecular complexity index is 1520. The van der Waals surface area contributed by atoms with Crippen LogP contribution in [0, 0.1) is 6.92 Å². The van der Waals surface area contributed by atoms with Gasteiger partial charge in [-0.3, -0.25) is 9.69 Å². The highest BCUT2D eigenvalue weighted by Crippen LogP contribution is 2.28. The number of hydrogen-bond acceptors (Lipinski definition) is 7. The summed E-state index contributed by atoms with van der Waals surface area (Å²) < 4.78 is 7.14. The molecule has 5 rings (SSSR count). The Hall–Kier alpha value is -3.82. The Morgan fingerprint density at radius 2 is 1.95 bits per heavy atom. The second-order valence-corrected chi connectivity index (χ2v) is 10.2. The number of tetrazole rings is 1. The van der Waals surface area contributed by atoms with Crippen molar-refractivity contribution in [2.75, 3.05) is 7.11 Å². The standard InChI is InChI=1S/C28H30N6O2S/c1-4-26(27-30-31-32-34(27)16-20-8-10-23(36-3)11-9-20)33(18-24-6-5-13-37-24)17-22-15-21-14-19(2)7-12-25(21)29-28(22)35/h5-15,26H,4,16-18H2,1-3H3,(H,29,35). The number of ether oxygens (including phenoxy) is 1. The number of aromatic nitrogens is 5. The molecule has 0 fully saturated rings. The van der Waals surface area contributed by atoms with Crippen LogP contribution >= 0.6 is 11.3 Å². The normalized spacial score (nSPS) is 12.3. The molecule has 0 aliphatic heterocycles. The Kier molecular flexibility index (Phi) is 7.43. The minimum absolute atomic E-state index is 0.0692. The van der Waals surface area contributed by atoms with Crippen molar-refractivity contribution in [2.45, 2.75) is 45.9 Å². The summed E-state index contributed by atoms with van der Waals surface area (Å²) in [6, 6.07) is 20.1. The number of benzene rings is 2. The van der Waals surface area contributed by atoms with Gasteiger partial charge in [0.25, 0.3) is 5.56 Å². The quantitative estimate of drug-likeness (QED) is 0.279. The lowest BCUT2D eigenvalue weighted by molar-refractivity contribution is 0.163. The van der Waals surface area contributed by atoms with Gasteiger partial charge in [0.2, 0.25) is 0 Å². The molecule has 5 aromatic rings. The van der Waals surface area contributed by atoms with Crippen LogP contribution < -0.4 is 10.3 Å². The van der Waals surface area contributed by atoms with Crippen molar-refractivity contribution in [2.24, 2.45) is 0 Å². The van der Waals surface area contributed by atoms with Crippen LogP contribution in [-0.4, -0.2) is 37.2 Å². The highest BCUT2D eigenvalue weighted by molar-refractivity contribution is 7.09. The third kappa shape index (κ3) is 5.63. The van der Waals surface area contributed by atoms with Gasteiger partial charge in [-0.15, -0.1) is 16.4 Å². The smallest absolute Gasteiger partial charge is 0.252 e. The van der Waals surface area contributed by atoms with Crippen LogP contribution in [0.4, 0.5) is 0 Å². The molecule has 1 N–H and O–H groups in total. The van der Waals surface area contributed by atoms with E-state index in [2.05, 4.69) is 62.8 Å². The van der Waals surface area contributed by atoms with Crippen molar-refractivity contribution in [1.29, 1.82) is 0 Å².